The minimum Gasteiger partial charge on any atom is -0.480 e. The van der Waals surface area contributed by atoms with Gasteiger partial charge in [0.2, 0.25) is 0 Å². The first-order valence-electron chi connectivity index (χ1n) is 5.52. The van der Waals surface area contributed by atoms with Gasteiger partial charge in [-0.1, -0.05) is 0 Å². The van der Waals surface area contributed by atoms with Crippen LogP contribution in [0, 0.1) is 0 Å². The summed E-state index contributed by atoms with van der Waals surface area (Å²) < 4.78 is 0. The number of carboxylic acids is 2. The maximum Gasteiger partial charge on any atom is 0.320 e. The van der Waals surface area contributed by atoms with Crippen LogP contribution in [0.3, 0.4) is 0 Å². The molecule has 0 aliphatic heterocycles. The van der Waals surface area contributed by atoms with Gasteiger partial charge in [0.25, 0.3) is 0 Å². The summed E-state index contributed by atoms with van der Waals surface area (Å²) in [5, 5.41) is 16.5. The van der Waals surface area contributed by atoms with Crippen LogP contribution in [-0.2, 0) is 9.59 Å². The highest BCUT2D eigenvalue weighted by Gasteiger charge is 2.09. The molecule has 7 nitrogen and oxygen atoms in total. The molecular formula is C10H23N3O4S. The van der Waals surface area contributed by atoms with Crippen molar-refractivity contribution in [2.45, 2.75) is 31.3 Å². The number of aliphatic carboxylic acids is 2. The van der Waals surface area contributed by atoms with Gasteiger partial charge in [-0.3, -0.25) is 9.59 Å². The maximum absolute atomic E-state index is 10.1. The fraction of sp³-hybridized carbons (Fsp3) is 0.800. The van der Waals surface area contributed by atoms with E-state index < -0.39 is 24.0 Å². The summed E-state index contributed by atoms with van der Waals surface area (Å²) in [4.78, 5) is 20.1. The predicted octanol–water partition coefficient (Wildman–Crippen LogP) is -0.711. The second-order valence-corrected chi connectivity index (χ2v) is 4.59. The summed E-state index contributed by atoms with van der Waals surface area (Å²) in [7, 11) is 0. The summed E-state index contributed by atoms with van der Waals surface area (Å²) in [5.41, 5.74) is 15.5. The predicted molar refractivity (Wildman–Crippen MR) is 72.5 cm³/mol. The molecule has 0 aliphatic carbocycles. The van der Waals surface area contributed by atoms with E-state index in [1.54, 1.807) is 11.8 Å². The second kappa shape index (κ2) is 12.6. The van der Waals surface area contributed by atoms with Gasteiger partial charge < -0.3 is 27.4 Å². The van der Waals surface area contributed by atoms with Crippen LogP contribution in [-0.4, -0.2) is 52.8 Å². The number of carboxylic acid groups (broad SMARTS) is 2. The van der Waals surface area contributed by atoms with Gasteiger partial charge in [-0.2, -0.15) is 11.8 Å². The van der Waals surface area contributed by atoms with Crippen LogP contribution in [0.1, 0.15) is 19.3 Å². The van der Waals surface area contributed by atoms with Gasteiger partial charge in [-0.05, 0) is 37.8 Å². The van der Waals surface area contributed by atoms with E-state index in [1.807, 2.05) is 6.26 Å². The average Bonchev–Trinajstić information content (AvgIpc) is 2.33. The third-order valence-electron chi connectivity index (χ3n) is 1.99. The first kappa shape index (κ1) is 19.5. The second-order valence-electron chi connectivity index (χ2n) is 3.60. The Labute approximate surface area is 111 Å². The topological polar surface area (TPSA) is 153 Å². The molecule has 108 valence electrons. The first-order valence-corrected chi connectivity index (χ1v) is 6.91. The minimum absolute atomic E-state index is 0.464. The molecule has 8 N–H and O–H groups in total. The molecule has 18 heavy (non-hydrogen) atoms. The Balaban J connectivity index is 0. The number of thioether (sulfide) groups is 1. The van der Waals surface area contributed by atoms with E-state index >= 15 is 0 Å². The summed E-state index contributed by atoms with van der Waals surface area (Å²) in [6, 6.07) is -1.43. The third kappa shape index (κ3) is 13.2. The molecule has 0 radical (unpaired) electrons. The zero-order valence-electron chi connectivity index (χ0n) is 10.5. The Morgan fingerprint density at radius 1 is 1.11 bits per heavy atom. The molecule has 0 saturated heterocycles. The van der Waals surface area contributed by atoms with Gasteiger partial charge in [0.15, 0.2) is 0 Å². The lowest BCUT2D eigenvalue weighted by Gasteiger charge is -2.02. The van der Waals surface area contributed by atoms with Gasteiger partial charge in [0.1, 0.15) is 12.1 Å². The van der Waals surface area contributed by atoms with Gasteiger partial charge in [-0.25, -0.2) is 0 Å². The molecule has 0 fully saturated rings. The highest BCUT2D eigenvalue weighted by atomic mass is 32.2. The van der Waals surface area contributed by atoms with Crippen molar-refractivity contribution in [2.75, 3.05) is 18.6 Å². The Morgan fingerprint density at radius 3 is 1.89 bits per heavy atom. The van der Waals surface area contributed by atoms with Crippen molar-refractivity contribution in [1.29, 1.82) is 0 Å². The molecule has 0 rings (SSSR count). The maximum atomic E-state index is 10.1. The SMILES string of the molecule is CSCC[C@H](N)C(=O)O.NCCCC(N)C(=O)O. The van der Waals surface area contributed by atoms with E-state index in [0.717, 1.165) is 5.75 Å². The highest BCUT2D eigenvalue weighted by molar-refractivity contribution is 7.98. The van der Waals surface area contributed by atoms with Crippen LogP contribution in [0.15, 0.2) is 0 Å². The Hall–Kier alpha value is -0.830. The molecule has 1 unspecified atom stereocenters. The van der Waals surface area contributed by atoms with Crippen LogP contribution < -0.4 is 17.2 Å². The number of rotatable bonds is 8. The number of nitrogens with two attached hydrogens (primary N) is 3. The van der Waals surface area contributed by atoms with Crippen LogP contribution in [0.5, 0.6) is 0 Å². The van der Waals surface area contributed by atoms with Gasteiger partial charge in [-0.15, -0.1) is 0 Å². The Morgan fingerprint density at radius 2 is 1.56 bits per heavy atom. The lowest BCUT2D eigenvalue weighted by molar-refractivity contribution is -0.139. The third-order valence-corrected chi connectivity index (χ3v) is 2.63. The van der Waals surface area contributed by atoms with Gasteiger partial charge in [0.05, 0.1) is 0 Å². The lowest BCUT2D eigenvalue weighted by Crippen LogP contribution is -2.30. The largest absolute Gasteiger partial charge is 0.480 e. The molecule has 8 heteroatoms. The zero-order valence-corrected chi connectivity index (χ0v) is 11.4. The summed E-state index contributed by atoms with van der Waals surface area (Å²) in [6.45, 7) is 0.501. The van der Waals surface area contributed by atoms with Crippen molar-refractivity contribution in [3.63, 3.8) is 0 Å². The summed E-state index contributed by atoms with van der Waals surface area (Å²) in [6.07, 6.45) is 3.62. The van der Waals surface area contributed by atoms with E-state index in [2.05, 4.69) is 0 Å². The molecule has 0 heterocycles. The highest BCUT2D eigenvalue weighted by Crippen LogP contribution is 1.97. The van der Waals surface area contributed by atoms with Gasteiger partial charge in [0, 0.05) is 0 Å². The number of carbonyl (C=O) groups is 2. The van der Waals surface area contributed by atoms with E-state index in [9.17, 15) is 9.59 Å². The molecule has 0 aliphatic rings. The van der Waals surface area contributed by atoms with Crippen molar-refractivity contribution in [1.82, 2.24) is 0 Å². The molecule has 0 aromatic carbocycles. The Bertz CT molecular complexity index is 217. The van der Waals surface area contributed by atoms with Crippen molar-refractivity contribution in [3.05, 3.63) is 0 Å². The van der Waals surface area contributed by atoms with Crippen LogP contribution in [0.2, 0.25) is 0 Å². The fourth-order valence-electron chi connectivity index (χ4n) is 0.830. The van der Waals surface area contributed by atoms with Gasteiger partial charge >= 0.3 is 11.9 Å². The summed E-state index contributed by atoms with van der Waals surface area (Å²) in [5.74, 6) is -1.06. The molecule has 0 bridgehead atoms. The standard InChI is InChI=1S/C5H12N2O2.C5H11NO2S/c6-3-1-2-4(7)5(8)9;1-9-3-2-4(6)5(7)8/h4H,1-3,6-7H2,(H,8,9);4H,2-3,6H2,1H3,(H,7,8)/t;4-/m.0/s1. The minimum atomic E-state index is -0.955. The van der Waals surface area contributed by atoms with Crippen molar-refractivity contribution in [2.24, 2.45) is 17.2 Å². The molecule has 2 atom stereocenters. The van der Waals surface area contributed by atoms with Crippen molar-refractivity contribution in [3.8, 4) is 0 Å². The molecule has 0 spiro atoms. The molecule has 0 amide bonds. The number of hydrogen-bond donors (Lipinski definition) is 5. The Kier molecular flexibility index (Phi) is 13.7. The van der Waals surface area contributed by atoms with Crippen molar-refractivity contribution >= 4 is 23.7 Å². The zero-order chi connectivity index (χ0) is 14.6. The van der Waals surface area contributed by atoms with E-state index in [1.165, 1.54) is 0 Å². The molecule has 0 aromatic heterocycles. The van der Waals surface area contributed by atoms with Crippen molar-refractivity contribution < 1.29 is 19.8 Å². The van der Waals surface area contributed by atoms with E-state index in [0.29, 0.717) is 25.8 Å². The lowest BCUT2D eigenvalue weighted by atomic mass is 10.2. The number of hydrogen-bond acceptors (Lipinski definition) is 6. The average molecular weight is 281 g/mol. The van der Waals surface area contributed by atoms with E-state index in [4.69, 9.17) is 27.4 Å². The van der Waals surface area contributed by atoms with Crippen LogP contribution >= 0.6 is 11.8 Å². The smallest absolute Gasteiger partial charge is 0.320 e. The molecule has 0 aromatic rings. The molecule has 0 saturated carbocycles. The first-order chi connectivity index (χ1) is 8.36. The molecular weight excluding hydrogens is 258 g/mol. The normalized spacial score (nSPS) is 13.1. The monoisotopic (exact) mass is 281 g/mol. The van der Waals surface area contributed by atoms with Crippen LogP contribution in [0.4, 0.5) is 0 Å². The quantitative estimate of drug-likeness (QED) is 0.391. The van der Waals surface area contributed by atoms with E-state index in [-0.39, 0.29) is 0 Å². The van der Waals surface area contributed by atoms with Crippen LogP contribution in [0.25, 0.3) is 0 Å². The fourth-order valence-corrected chi connectivity index (χ4v) is 1.32. The summed E-state index contributed by atoms with van der Waals surface area (Å²) >= 11 is 1.60.